The molecule has 0 radical (unpaired) electrons. The predicted molar refractivity (Wildman–Crippen MR) is 69.2 cm³/mol. The summed E-state index contributed by atoms with van der Waals surface area (Å²) in [5, 5.41) is 0.547. The van der Waals surface area contributed by atoms with E-state index in [1.807, 2.05) is 12.1 Å². The molecule has 1 unspecified atom stereocenters. The maximum absolute atomic E-state index is 5.98. The monoisotopic (exact) mass is 264 g/mol. The molecule has 2 rings (SSSR count). The molecule has 5 nitrogen and oxygen atoms in total. The Bertz CT molecular complexity index is 521. The van der Waals surface area contributed by atoms with Gasteiger partial charge in [-0.1, -0.05) is 17.7 Å². The summed E-state index contributed by atoms with van der Waals surface area (Å²) in [6.07, 6.45) is 3.33. The van der Waals surface area contributed by atoms with E-state index < -0.39 is 0 Å². The van der Waals surface area contributed by atoms with Gasteiger partial charge < -0.3 is 4.74 Å². The largest absolute Gasteiger partial charge is 0.495 e. The van der Waals surface area contributed by atoms with Gasteiger partial charge in [-0.15, -0.1) is 0 Å². The highest BCUT2D eigenvalue weighted by molar-refractivity contribution is 6.32. The van der Waals surface area contributed by atoms with Crippen LogP contribution in [0, 0.1) is 0 Å². The van der Waals surface area contributed by atoms with Gasteiger partial charge in [-0.3, -0.25) is 5.84 Å². The average molecular weight is 265 g/mol. The molecule has 0 aliphatic carbocycles. The summed E-state index contributed by atoms with van der Waals surface area (Å²) in [6, 6.07) is 6.86. The van der Waals surface area contributed by atoms with Crippen molar-refractivity contribution in [3.8, 4) is 5.75 Å². The van der Waals surface area contributed by atoms with Crippen LogP contribution in [0.25, 0.3) is 0 Å². The lowest BCUT2D eigenvalue weighted by Gasteiger charge is -2.15. The third-order valence-electron chi connectivity index (χ3n) is 2.52. The van der Waals surface area contributed by atoms with Gasteiger partial charge in [0.25, 0.3) is 0 Å². The molecule has 94 valence electrons. The fourth-order valence-corrected chi connectivity index (χ4v) is 1.83. The fraction of sp³-hybridized carbons (Fsp3) is 0.167. The molecule has 1 atom stereocenters. The topological polar surface area (TPSA) is 73.1 Å². The van der Waals surface area contributed by atoms with Gasteiger partial charge in [-0.25, -0.2) is 15.4 Å². The van der Waals surface area contributed by atoms with Gasteiger partial charge in [0.05, 0.1) is 12.1 Å². The Kier molecular flexibility index (Phi) is 4.09. The summed E-state index contributed by atoms with van der Waals surface area (Å²) in [7, 11) is 1.56. The van der Waals surface area contributed by atoms with Crippen LogP contribution < -0.4 is 16.0 Å². The van der Waals surface area contributed by atoms with E-state index in [1.165, 1.54) is 0 Å². The van der Waals surface area contributed by atoms with Crippen LogP contribution in [-0.2, 0) is 0 Å². The number of benzene rings is 1. The molecule has 0 aliphatic rings. The zero-order chi connectivity index (χ0) is 13.0. The number of aromatic nitrogens is 2. The molecule has 1 heterocycles. The summed E-state index contributed by atoms with van der Waals surface area (Å²) in [5.41, 5.74) is 3.56. The van der Waals surface area contributed by atoms with Crippen LogP contribution in [0.3, 0.4) is 0 Å². The molecular formula is C12H13ClN4O. The van der Waals surface area contributed by atoms with Gasteiger partial charge in [0.15, 0.2) is 5.82 Å². The standard InChI is InChI=1S/C12H13ClN4O/c1-18-10-7-8(3-4-9(10)13)11(17-14)12-15-5-2-6-16-12/h2-7,11,17H,14H2,1H3. The van der Waals surface area contributed by atoms with Crippen LogP contribution >= 0.6 is 11.6 Å². The van der Waals surface area contributed by atoms with Crippen molar-refractivity contribution in [1.82, 2.24) is 15.4 Å². The van der Waals surface area contributed by atoms with Gasteiger partial charge in [-0.05, 0) is 23.8 Å². The van der Waals surface area contributed by atoms with E-state index in [2.05, 4.69) is 15.4 Å². The molecule has 2 aromatic rings. The third-order valence-corrected chi connectivity index (χ3v) is 2.83. The van der Waals surface area contributed by atoms with E-state index >= 15 is 0 Å². The molecule has 0 bridgehead atoms. The number of halogens is 1. The quantitative estimate of drug-likeness (QED) is 0.649. The molecule has 0 amide bonds. The number of methoxy groups -OCH3 is 1. The zero-order valence-electron chi connectivity index (χ0n) is 9.80. The predicted octanol–water partition coefficient (Wildman–Crippen LogP) is 1.69. The molecule has 0 fully saturated rings. The average Bonchev–Trinajstić information content (AvgIpc) is 2.42. The Morgan fingerprint density at radius 3 is 2.67 bits per heavy atom. The maximum atomic E-state index is 5.98. The zero-order valence-corrected chi connectivity index (χ0v) is 10.6. The number of ether oxygens (including phenoxy) is 1. The number of nitrogens with two attached hydrogens (primary N) is 1. The SMILES string of the molecule is COc1cc(C(NN)c2ncccn2)ccc1Cl. The Hall–Kier alpha value is -1.69. The molecule has 0 spiro atoms. The minimum Gasteiger partial charge on any atom is -0.495 e. The molecule has 0 saturated heterocycles. The van der Waals surface area contributed by atoms with Crippen LogP contribution in [0.15, 0.2) is 36.7 Å². The lowest BCUT2D eigenvalue weighted by Crippen LogP contribution is -2.30. The number of hydrogen-bond acceptors (Lipinski definition) is 5. The van der Waals surface area contributed by atoms with Crippen molar-refractivity contribution < 1.29 is 4.74 Å². The van der Waals surface area contributed by atoms with E-state index in [0.717, 1.165) is 5.56 Å². The molecule has 1 aromatic heterocycles. The van der Waals surface area contributed by atoms with E-state index in [0.29, 0.717) is 16.6 Å². The lowest BCUT2D eigenvalue weighted by atomic mass is 10.1. The van der Waals surface area contributed by atoms with E-state index in [-0.39, 0.29) is 6.04 Å². The summed E-state index contributed by atoms with van der Waals surface area (Å²) in [4.78, 5) is 8.35. The second kappa shape index (κ2) is 5.77. The van der Waals surface area contributed by atoms with Gasteiger partial charge in [-0.2, -0.15) is 0 Å². The molecule has 6 heteroatoms. The normalized spacial score (nSPS) is 12.2. The van der Waals surface area contributed by atoms with Crippen molar-refractivity contribution in [2.75, 3.05) is 7.11 Å². The van der Waals surface area contributed by atoms with Crippen molar-refractivity contribution in [3.05, 3.63) is 53.1 Å². The Morgan fingerprint density at radius 2 is 2.06 bits per heavy atom. The molecule has 18 heavy (non-hydrogen) atoms. The lowest BCUT2D eigenvalue weighted by molar-refractivity contribution is 0.413. The van der Waals surface area contributed by atoms with Crippen molar-refractivity contribution in [3.63, 3.8) is 0 Å². The second-order valence-electron chi connectivity index (χ2n) is 3.60. The van der Waals surface area contributed by atoms with E-state index in [4.69, 9.17) is 22.2 Å². The van der Waals surface area contributed by atoms with Gasteiger partial charge >= 0.3 is 0 Å². The summed E-state index contributed by atoms with van der Waals surface area (Å²) >= 11 is 5.98. The third kappa shape index (κ3) is 2.59. The summed E-state index contributed by atoms with van der Waals surface area (Å²) in [5.74, 6) is 6.74. The smallest absolute Gasteiger partial charge is 0.150 e. The van der Waals surface area contributed by atoms with Crippen molar-refractivity contribution in [2.24, 2.45) is 5.84 Å². The summed E-state index contributed by atoms with van der Waals surface area (Å²) in [6.45, 7) is 0. The first-order chi connectivity index (χ1) is 8.76. The van der Waals surface area contributed by atoms with Crippen LogP contribution in [0.5, 0.6) is 5.75 Å². The highest BCUT2D eigenvalue weighted by Gasteiger charge is 2.16. The van der Waals surface area contributed by atoms with Crippen LogP contribution in [-0.4, -0.2) is 17.1 Å². The van der Waals surface area contributed by atoms with Crippen molar-refractivity contribution >= 4 is 11.6 Å². The number of hydrogen-bond donors (Lipinski definition) is 2. The first-order valence-electron chi connectivity index (χ1n) is 5.32. The molecule has 1 aromatic carbocycles. The van der Waals surface area contributed by atoms with Crippen molar-refractivity contribution in [2.45, 2.75) is 6.04 Å². The van der Waals surface area contributed by atoms with Crippen LogP contribution in [0.2, 0.25) is 5.02 Å². The molecule has 0 aliphatic heterocycles. The van der Waals surface area contributed by atoms with E-state index in [9.17, 15) is 0 Å². The minimum absolute atomic E-state index is 0.308. The molecular weight excluding hydrogens is 252 g/mol. The van der Waals surface area contributed by atoms with Crippen LogP contribution in [0.1, 0.15) is 17.4 Å². The Labute approximate surface area is 110 Å². The van der Waals surface area contributed by atoms with Crippen LogP contribution in [0.4, 0.5) is 0 Å². The van der Waals surface area contributed by atoms with Gasteiger partial charge in [0.2, 0.25) is 0 Å². The number of hydrazine groups is 1. The highest BCUT2D eigenvalue weighted by atomic mass is 35.5. The maximum Gasteiger partial charge on any atom is 0.150 e. The first-order valence-corrected chi connectivity index (χ1v) is 5.70. The Morgan fingerprint density at radius 1 is 1.33 bits per heavy atom. The fourth-order valence-electron chi connectivity index (χ4n) is 1.64. The van der Waals surface area contributed by atoms with Crippen molar-refractivity contribution in [1.29, 1.82) is 0 Å². The number of nitrogens with zero attached hydrogens (tertiary/aromatic N) is 2. The minimum atomic E-state index is -0.308. The van der Waals surface area contributed by atoms with E-state index in [1.54, 1.807) is 31.6 Å². The summed E-state index contributed by atoms with van der Waals surface area (Å²) < 4.78 is 5.17. The molecule has 0 saturated carbocycles. The van der Waals surface area contributed by atoms with Gasteiger partial charge in [0, 0.05) is 12.4 Å². The number of rotatable bonds is 4. The highest BCUT2D eigenvalue weighted by Crippen LogP contribution is 2.28. The molecule has 3 N–H and O–H groups in total. The first kappa shape index (κ1) is 12.8. The second-order valence-corrected chi connectivity index (χ2v) is 4.01. The number of nitrogens with one attached hydrogen (secondary N) is 1. The van der Waals surface area contributed by atoms with Gasteiger partial charge in [0.1, 0.15) is 11.8 Å². The Balaban J connectivity index is 2.39.